The van der Waals surface area contributed by atoms with Crippen molar-refractivity contribution in [2.75, 3.05) is 6.67 Å². The first-order valence-electron chi connectivity index (χ1n) is 2.35. The molecule has 0 aromatic heterocycles. The van der Waals surface area contributed by atoms with Gasteiger partial charge in [0.2, 0.25) is 0 Å². The lowest BCUT2D eigenvalue weighted by molar-refractivity contribution is 0.603. The van der Waals surface area contributed by atoms with E-state index in [4.69, 9.17) is 28.6 Å². The van der Waals surface area contributed by atoms with Crippen molar-refractivity contribution in [3.8, 4) is 6.57 Å². The van der Waals surface area contributed by atoms with Gasteiger partial charge in [0.25, 0.3) is 0 Å². The van der Waals surface area contributed by atoms with Crippen LogP contribution in [0.25, 0.3) is 0 Å². The second-order valence-corrected chi connectivity index (χ2v) is 2.12. The molecule has 0 saturated carbocycles. The zero-order valence-corrected chi connectivity index (χ0v) is 6.55. The average Bonchev–Trinajstić information content (AvgIpc) is 2.00. The highest BCUT2D eigenvalue weighted by Gasteiger charge is 2.02. The van der Waals surface area contributed by atoms with E-state index in [1.807, 2.05) is 0 Å². The Morgan fingerprint density at radius 3 is 2.60 bits per heavy atom. The maximum absolute atomic E-state index is 6.50. The van der Waals surface area contributed by atoms with Gasteiger partial charge in [0.15, 0.2) is 0 Å². The fraction of sp³-hybridized carbons (Fsp3) is 0.200. The molecule has 1 aliphatic heterocycles. The third-order valence-electron chi connectivity index (χ3n) is 0.755. The molecule has 0 N–H and O–H groups in total. The molecular formula is C5H5Cl2N3. The normalized spacial score (nSPS) is 15.2. The van der Waals surface area contributed by atoms with Gasteiger partial charge in [0.05, 0.1) is 0 Å². The van der Waals surface area contributed by atoms with Crippen LogP contribution in [0.5, 0.6) is 0 Å². The molecule has 1 aliphatic rings. The van der Waals surface area contributed by atoms with E-state index in [2.05, 4.69) is 11.6 Å². The topological polar surface area (TPSA) is 39.4 Å². The molecule has 10 heavy (non-hydrogen) atoms. The number of rotatable bonds is 0. The fourth-order valence-corrected chi connectivity index (χ4v) is 0.609. The fourth-order valence-electron chi connectivity index (χ4n) is 0.381. The molecule has 0 radical (unpaired) electrons. The molecule has 1 heterocycles. The van der Waals surface area contributed by atoms with Crippen molar-refractivity contribution in [3.63, 3.8) is 0 Å². The summed E-state index contributed by atoms with van der Waals surface area (Å²) < 4.78 is 1.33. The van der Waals surface area contributed by atoms with Gasteiger partial charge in [-0.05, 0) is 6.08 Å². The summed E-state index contributed by atoms with van der Waals surface area (Å²) in [4.78, 5) is 3.82. The zero-order valence-electron chi connectivity index (χ0n) is 5.04. The molecule has 0 aliphatic carbocycles. The van der Waals surface area contributed by atoms with Gasteiger partial charge in [0.1, 0.15) is 11.8 Å². The molecule has 0 bridgehead atoms. The van der Waals surface area contributed by atoms with E-state index in [-0.39, 0.29) is 0 Å². The standard InChI is InChI=1S/C4H4Cl2N2.CHN/c5-4-1-2-7-3-8(4)6;1-2/h1-2H,3H2;1H. The van der Waals surface area contributed by atoms with Gasteiger partial charge >= 0.3 is 0 Å². The largest absolute Gasteiger partial charge is 0.270 e. The maximum Gasteiger partial charge on any atom is 0.126 e. The number of hydrogen-bond donors (Lipinski definition) is 0. The Morgan fingerprint density at radius 2 is 2.30 bits per heavy atom. The van der Waals surface area contributed by atoms with Crippen LogP contribution in [0.3, 0.4) is 0 Å². The molecule has 0 fully saturated rings. The van der Waals surface area contributed by atoms with E-state index < -0.39 is 0 Å². The molecule has 5 heteroatoms. The Hall–Kier alpha value is -0.720. The first kappa shape index (κ1) is 9.28. The molecule has 0 aromatic carbocycles. The van der Waals surface area contributed by atoms with Gasteiger partial charge in [-0.15, -0.1) is 0 Å². The molecule has 1 rings (SSSR count). The quantitative estimate of drug-likeness (QED) is 0.418. The van der Waals surface area contributed by atoms with Crippen LogP contribution in [0.4, 0.5) is 0 Å². The number of halogens is 2. The SMILES string of the molecule is C#N.ClC1=CC=NCN1Cl. The summed E-state index contributed by atoms with van der Waals surface area (Å²) in [5.74, 6) is 0. The molecular weight excluding hydrogens is 173 g/mol. The smallest absolute Gasteiger partial charge is 0.126 e. The zero-order chi connectivity index (χ0) is 7.98. The molecule has 0 unspecified atom stereocenters. The van der Waals surface area contributed by atoms with E-state index in [9.17, 15) is 0 Å². The number of nitrogens with zero attached hydrogens (tertiary/aromatic N) is 3. The molecule has 3 nitrogen and oxygen atoms in total. The summed E-state index contributed by atoms with van der Waals surface area (Å²) in [7, 11) is 0. The van der Waals surface area contributed by atoms with Gasteiger partial charge < -0.3 is 0 Å². The lowest BCUT2D eigenvalue weighted by Crippen LogP contribution is -2.10. The summed E-state index contributed by atoms with van der Waals surface area (Å²) >= 11 is 11.0. The average molecular weight is 178 g/mol. The summed E-state index contributed by atoms with van der Waals surface area (Å²) in [6.07, 6.45) is 3.26. The molecule has 0 amide bonds. The third kappa shape index (κ3) is 2.72. The number of allylic oxidation sites excluding steroid dienone is 1. The van der Waals surface area contributed by atoms with Gasteiger partial charge in [-0.2, -0.15) is 0 Å². The van der Waals surface area contributed by atoms with Crippen LogP contribution in [0, 0.1) is 11.8 Å². The van der Waals surface area contributed by atoms with E-state index in [1.165, 1.54) is 4.42 Å². The van der Waals surface area contributed by atoms with Crippen molar-refractivity contribution in [1.82, 2.24) is 4.42 Å². The summed E-state index contributed by atoms with van der Waals surface area (Å²) in [5.41, 5.74) is 0. The van der Waals surface area contributed by atoms with E-state index in [0.29, 0.717) is 11.8 Å². The summed E-state index contributed by atoms with van der Waals surface area (Å²) in [6, 6.07) is 0. The molecule has 54 valence electrons. The van der Waals surface area contributed by atoms with Gasteiger partial charge in [-0.25, -0.2) is 5.26 Å². The van der Waals surface area contributed by atoms with Crippen LogP contribution >= 0.6 is 23.4 Å². The highest BCUT2D eigenvalue weighted by atomic mass is 35.5. The minimum absolute atomic E-state index is 0.441. The molecule has 0 saturated heterocycles. The molecule has 0 aromatic rings. The van der Waals surface area contributed by atoms with Crippen LogP contribution < -0.4 is 0 Å². The van der Waals surface area contributed by atoms with Crippen molar-refractivity contribution < 1.29 is 0 Å². The van der Waals surface area contributed by atoms with Crippen LogP contribution in [-0.4, -0.2) is 17.3 Å². The van der Waals surface area contributed by atoms with Crippen molar-refractivity contribution >= 4 is 29.6 Å². The van der Waals surface area contributed by atoms with Crippen LogP contribution in [-0.2, 0) is 0 Å². The number of aliphatic imine (C=N–C) groups is 1. The molecule has 0 atom stereocenters. The lowest BCUT2D eigenvalue weighted by Gasteiger charge is -2.12. The lowest BCUT2D eigenvalue weighted by atomic mass is 10.6. The van der Waals surface area contributed by atoms with Gasteiger partial charge in [0, 0.05) is 24.6 Å². The minimum atomic E-state index is 0.441. The second kappa shape index (κ2) is 5.10. The van der Waals surface area contributed by atoms with E-state index >= 15 is 0 Å². The summed E-state index contributed by atoms with van der Waals surface area (Å²) in [6.45, 7) is 3.94. The Bertz CT molecular complexity index is 173. The van der Waals surface area contributed by atoms with Crippen molar-refractivity contribution in [2.24, 2.45) is 4.99 Å². The number of hydrogen-bond acceptors (Lipinski definition) is 3. The monoisotopic (exact) mass is 177 g/mol. The van der Waals surface area contributed by atoms with E-state index in [0.717, 1.165) is 0 Å². The van der Waals surface area contributed by atoms with Gasteiger partial charge in [-0.1, -0.05) is 11.6 Å². The highest BCUT2D eigenvalue weighted by molar-refractivity contribution is 6.34. The van der Waals surface area contributed by atoms with Gasteiger partial charge in [-0.3, -0.25) is 9.41 Å². The second-order valence-electron chi connectivity index (χ2n) is 1.32. The van der Waals surface area contributed by atoms with Crippen LogP contribution in [0.1, 0.15) is 0 Å². The first-order valence-corrected chi connectivity index (χ1v) is 3.07. The van der Waals surface area contributed by atoms with Crippen LogP contribution in [0.15, 0.2) is 16.2 Å². The summed E-state index contributed by atoms with van der Waals surface area (Å²) in [5, 5.41) is 7.02. The number of nitriles is 1. The molecule has 0 spiro atoms. The minimum Gasteiger partial charge on any atom is -0.270 e. The van der Waals surface area contributed by atoms with Crippen LogP contribution in [0.2, 0.25) is 0 Å². The Kier molecular flexibility index (Phi) is 4.73. The van der Waals surface area contributed by atoms with Crippen molar-refractivity contribution in [3.05, 3.63) is 11.2 Å². The third-order valence-corrected chi connectivity index (χ3v) is 1.46. The Morgan fingerprint density at radius 1 is 1.70 bits per heavy atom. The Labute approximate surface area is 69.3 Å². The van der Waals surface area contributed by atoms with Crippen molar-refractivity contribution in [1.29, 1.82) is 5.26 Å². The first-order chi connectivity index (χ1) is 4.80. The highest BCUT2D eigenvalue weighted by Crippen LogP contribution is 2.13. The van der Waals surface area contributed by atoms with Crippen molar-refractivity contribution in [2.45, 2.75) is 0 Å². The maximum atomic E-state index is 6.50. The predicted molar refractivity (Wildman–Crippen MR) is 41.7 cm³/mol. The Balaban J connectivity index is 0.000000371. The predicted octanol–water partition coefficient (Wildman–Crippen LogP) is 1.70. The van der Waals surface area contributed by atoms with E-state index in [1.54, 1.807) is 12.3 Å².